The summed E-state index contributed by atoms with van der Waals surface area (Å²) < 4.78 is 18.1. The molecule has 0 spiro atoms. The van der Waals surface area contributed by atoms with Crippen molar-refractivity contribution in [2.75, 3.05) is 13.7 Å². The van der Waals surface area contributed by atoms with Crippen molar-refractivity contribution in [3.8, 4) is 5.75 Å². The molecule has 94 valence electrons. The van der Waals surface area contributed by atoms with E-state index in [1.807, 2.05) is 13.8 Å². The molecule has 0 heterocycles. The van der Waals surface area contributed by atoms with E-state index in [0.717, 1.165) is 6.07 Å². The zero-order valence-corrected chi connectivity index (χ0v) is 10.1. The first-order chi connectivity index (χ1) is 8.04. The van der Waals surface area contributed by atoms with Crippen molar-refractivity contribution in [1.29, 1.82) is 0 Å². The molecule has 1 aromatic carbocycles. The minimum atomic E-state index is -0.580. The molecule has 0 aromatic heterocycles. The van der Waals surface area contributed by atoms with Gasteiger partial charge in [-0.05, 0) is 24.1 Å². The van der Waals surface area contributed by atoms with Crippen LogP contribution < -0.4 is 10.2 Å². The zero-order valence-electron chi connectivity index (χ0n) is 10.1. The van der Waals surface area contributed by atoms with E-state index >= 15 is 0 Å². The third-order valence-corrected chi connectivity index (χ3v) is 2.00. The summed E-state index contributed by atoms with van der Waals surface area (Å²) in [5, 5.41) is 0. The summed E-state index contributed by atoms with van der Waals surface area (Å²) in [6, 6.07) is 3.97. The standard InChI is InChI=1S/C12H16FNO3/c1-8(2)7-17-14-12(15)9-4-5-11(16-3)10(13)6-9/h4-6,8H,7H2,1-3H3,(H,14,15). The number of rotatable bonds is 5. The lowest BCUT2D eigenvalue weighted by Crippen LogP contribution is -2.25. The molecule has 1 aromatic rings. The molecule has 17 heavy (non-hydrogen) atoms. The van der Waals surface area contributed by atoms with Crippen LogP contribution in [0.4, 0.5) is 4.39 Å². The summed E-state index contributed by atoms with van der Waals surface area (Å²) in [7, 11) is 1.36. The minimum Gasteiger partial charge on any atom is -0.494 e. The van der Waals surface area contributed by atoms with Gasteiger partial charge in [-0.2, -0.15) is 0 Å². The molecule has 0 aliphatic rings. The van der Waals surface area contributed by atoms with Crippen LogP contribution in [0, 0.1) is 11.7 Å². The van der Waals surface area contributed by atoms with Gasteiger partial charge in [0.05, 0.1) is 13.7 Å². The predicted octanol–water partition coefficient (Wildman–Crippen LogP) is 2.15. The third kappa shape index (κ3) is 4.03. The average Bonchev–Trinajstić information content (AvgIpc) is 2.28. The number of hydrogen-bond donors (Lipinski definition) is 1. The van der Waals surface area contributed by atoms with Gasteiger partial charge in [0, 0.05) is 5.56 Å². The lowest BCUT2D eigenvalue weighted by molar-refractivity contribution is 0.0208. The Bertz CT molecular complexity index is 393. The largest absolute Gasteiger partial charge is 0.494 e. The summed E-state index contributed by atoms with van der Waals surface area (Å²) in [4.78, 5) is 16.5. The van der Waals surface area contributed by atoms with Crippen LogP contribution in [0.1, 0.15) is 24.2 Å². The van der Waals surface area contributed by atoms with Crippen LogP contribution in [0.5, 0.6) is 5.75 Å². The Balaban J connectivity index is 2.60. The van der Waals surface area contributed by atoms with Crippen molar-refractivity contribution in [2.45, 2.75) is 13.8 Å². The number of halogens is 1. The van der Waals surface area contributed by atoms with E-state index in [-0.39, 0.29) is 11.3 Å². The highest BCUT2D eigenvalue weighted by atomic mass is 19.1. The first kappa shape index (κ1) is 13.4. The number of methoxy groups -OCH3 is 1. The van der Waals surface area contributed by atoms with E-state index in [1.54, 1.807) is 0 Å². The summed E-state index contributed by atoms with van der Waals surface area (Å²) in [5.41, 5.74) is 2.44. The maximum atomic E-state index is 13.3. The first-order valence-electron chi connectivity index (χ1n) is 5.30. The number of carbonyl (C=O) groups is 1. The second-order valence-electron chi connectivity index (χ2n) is 3.99. The smallest absolute Gasteiger partial charge is 0.274 e. The van der Waals surface area contributed by atoms with Crippen molar-refractivity contribution < 1.29 is 18.8 Å². The molecule has 0 fully saturated rings. The van der Waals surface area contributed by atoms with Crippen LogP contribution in [0.2, 0.25) is 0 Å². The molecule has 0 aliphatic heterocycles. The topological polar surface area (TPSA) is 47.6 Å². The Kier molecular flexibility index (Phi) is 4.90. The summed E-state index contributed by atoms with van der Waals surface area (Å²) in [6.45, 7) is 4.32. The average molecular weight is 241 g/mol. The molecule has 4 nitrogen and oxygen atoms in total. The van der Waals surface area contributed by atoms with Crippen molar-refractivity contribution in [2.24, 2.45) is 5.92 Å². The number of hydrogen-bond acceptors (Lipinski definition) is 3. The monoisotopic (exact) mass is 241 g/mol. The molecule has 0 bridgehead atoms. The third-order valence-electron chi connectivity index (χ3n) is 2.00. The number of benzene rings is 1. The maximum absolute atomic E-state index is 13.3. The highest BCUT2D eigenvalue weighted by molar-refractivity contribution is 5.93. The van der Waals surface area contributed by atoms with Crippen molar-refractivity contribution in [3.05, 3.63) is 29.6 Å². The van der Waals surface area contributed by atoms with Gasteiger partial charge in [0.2, 0.25) is 0 Å². The minimum absolute atomic E-state index is 0.102. The Morgan fingerprint density at radius 1 is 1.47 bits per heavy atom. The Morgan fingerprint density at radius 2 is 2.18 bits per heavy atom. The Labute approximate surface area is 99.7 Å². The van der Waals surface area contributed by atoms with E-state index in [9.17, 15) is 9.18 Å². The molecule has 1 N–H and O–H groups in total. The molecular weight excluding hydrogens is 225 g/mol. The van der Waals surface area contributed by atoms with E-state index in [4.69, 9.17) is 9.57 Å². The van der Waals surface area contributed by atoms with Crippen molar-refractivity contribution in [1.82, 2.24) is 5.48 Å². The number of ether oxygens (including phenoxy) is 1. The molecule has 0 atom stereocenters. The number of nitrogens with one attached hydrogen (secondary N) is 1. The second kappa shape index (κ2) is 6.20. The molecule has 5 heteroatoms. The highest BCUT2D eigenvalue weighted by Crippen LogP contribution is 2.17. The fraction of sp³-hybridized carbons (Fsp3) is 0.417. The molecule has 0 radical (unpaired) electrons. The second-order valence-corrected chi connectivity index (χ2v) is 3.99. The zero-order chi connectivity index (χ0) is 12.8. The van der Waals surface area contributed by atoms with Gasteiger partial charge in [0.15, 0.2) is 11.6 Å². The summed E-state index contributed by atoms with van der Waals surface area (Å²) in [6.07, 6.45) is 0. The lowest BCUT2D eigenvalue weighted by atomic mass is 10.2. The quantitative estimate of drug-likeness (QED) is 0.803. The molecule has 0 aliphatic carbocycles. The Morgan fingerprint density at radius 3 is 2.71 bits per heavy atom. The predicted molar refractivity (Wildman–Crippen MR) is 61.2 cm³/mol. The van der Waals surface area contributed by atoms with Gasteiger partial charge in [0.1, 0.15) is 0 Å². The van der Waals surface area contributed by atoms with E-state index in [1.165, 1.54) is 19.2 Å². The van der Waals surface area contributed by atoms with Crippen LogP contribution in [0.15, 0.2) is 18.2 Å². The fourth-order valence-corrected chi connectivity index (χ4v) is 1.14. The van der Waals surface area contributed by atoms with E-state index in [0.29, 0.717) is 12.5 Å². The van der Waals surface area contributed by atoms with Gasteiger partial charge in [0.25, 0.3) is 5.91 Å². The van der Waals surface area contributed by atoms with Gasteiger partial charge < -0.3 is 4.74 Å². The van der Waals surface area contributed by atoms with Gasteiger partial charge in [-0.25, -0.2) is 9.87 Å². The van der Waals surface area contributed by atoms with E-state index in [2.05, 4.69) is 5.48 Å². The number of hydroxylamine groups is 1. The van der Waals surface area contributed by atoms with Crippen molar-refractivity contribution in [3.63, 3.8) is 0 Å². The van der Waals surface area contributed by atoms with Crippen LogP contribution in [-0.4, -0.2) is 19.6 Å². The van der Waals surface area contributed by atoms with Crippen molar-refractivity contribution >= 4 is 5.91 Å². The van der Waals surface area contributed by atoms with Crippen LogP contribution >= 0.6 is 0 Å². The van der Waals surface area contributed by atoms with Gasteiger partial charge >= 0.3 is 0 Å². The van der Waals surface area contributed by atoms with Gasteiger partial charge in [-0.3, -0.25) is 9.63 Å². The fourth-order valence-electron chi connectivity index (χ4n) is 1.14. The molecule has 0 saturated heterocycles. The molecular formula is C12H16FNO3. The molecule has 0 unspecified atom stereocenters. The molecule has 1 amide bonds. The number of amides is 1. The normalized spacial score (nSPS) is 10.4. The van der Waals surface area contributed by atoms with Gasteiger partial charge in [-0.15, -0.1) is 0 Å². The molecule has 1 rings (SSSR count). The van der Waals surface area contributed by atoms with Crippen LogP contribution in [0.3, 0.4) is 0 Å². The lowest BCUT2D eigenvalue weighted by Gasteiger charge is -2.08. The van der Waals surface area contributed by atoms with Crippen LogP contribution in [0.25, 0.3) is 0 Å². The molecule has 0 saturated carbocycles. The van der Waals surface area contributed by atoms with E-state index < -0.39 is 11.7 Å². The van der Waals surface area contributed by atoms with Gasteiger partial charge in [-0.1, -0.05) is 13.8 Å². The van der Waals surface area contributed by atoms with Crippen LogP contribution in [-0.2, 0) is 4.84 Å². The maximum Gasteiger partial charge on any atom is 0.274 e. The first-order valence-corrected chi connectivity index (χ1v) is 5.30. The highest BCUT2D eigenvalue weighted by Gasteiger charge is 2.10. The Hall–Kier alpha value is -1.62. The summed E-state index contributed by atoms with van der Waals surface area (Å²) in [5.74, 6) is -0.649. The summed E-state index contributed by atoms with van der Waals surface area (Å²) >= 11 is 0. The number of carbonyl (C=O) groups excluding carboxylic acids is 1. The SMILES string of the molecule is COc1ccc(C(=O)NOCC(C)C)cc1F.